The lowest BCUT2D eigenvalue weighted by molar-refractivity contribution is -0.116. The van der Waals surface area contributed by atoms with Crippen molar-refractivity contribution in [1.82, 2.24) is 0 Å². The molecule has 0 spiro atoms. The van der Waals surface area contributed by atoms with Crippen LogP contribution >= 0.6 is 0 Å². The predicted molar refractivity (Wildman–Crippen MR) is 231 cm³/mol. The minimum absolute atomic E-state index is 0.148. The first-order chi connectivity index (χ1) is 30.1. The van der Waals surface area contributed by atoms with Gasteiger partial charge in [-0.15, -0.1) is 0 Å². The van der Waals surface area contributed by atoms with Crippen LogP contribution in [0.3, 0.4) is 0 Å². The van der Waals surface area contributed by atoms with Crippen molar-refractivity contribution in [3.8, 4) is 34.5 Å². The maximum absolute atomic E-state index is 12.5. The van der Waals surface area contributed by atoms with Crippen LogP contribution in [0.15, 0.2) is 168 Å². The molecule has 0 atom stereocenters. The molecule has 62 heavy (non-hydrogen) atoms. The number of aromatic hydroxyl groups is 1. The maximum Gasteiger partial charge on any atom is 0.339 e. The summed E-state index contributed by atoms with van der Waals surface area (Å²) >= 11 is 0. The van der Waals surface area contributed by atoms with E-state index in [-0.39, 0.29) is 30.4 Å². The van der Waals surface area contributed by atoms with E-state index in [9.17, 15) is 24.3 Å². The summed E-state index contributed by atoms with van der Waals surface area (Å²) in [6, 6.07) is 45.1. The number of phenolic OH excluding ortho intramolecular Hbond substituents is 1. The predicted octanol–water partition coefficient (Wildman–Crippen LogP) is 9.77. The minimum Gasteiger partial charge on any atom is -0.508 e. The van der Waals surface area contributed by atoms with Crippen LogP contribution in [0.1, 0.15) is 37.6 Å². The largest absolute Gasteiger partial charge is 0.508 e. The van der Waals surface area contributed by atoms with Crippen LogP contribution in [0.5, 0.6) is 34.5 Å². The van der Waals surface area contributed by atoms with E-state index in [2.05, 4.69) is 10.6 Å². The zero-order valence-corrected chi connectivity index (χ0v) is 33.7. The first-order valence-corrected chi connectivity index (χ1v) is 19.2. The molecule has 1 heterocycles. The summed E-state index contributed by atoms with van der Waals surface area (Å²) in [5.74, 6) is 2.65. The van der Waals surface area contributed by atoms with E-state index in [1.54, 1.807) is 115 Å². The lowest BCUT2D eigenvalue weighted by Crippen LogP contribution is -2.17. The van der Waals surface area contributed by atoms with Crippen molar-refractivity contribution < 1.29 is 52.4 Å². The molecule has 0 saturated carbocycles. The van der Waals surface area contributed by atoms with E-state index < -0.39 is 11.9 Å². The Kier molecular flexibility index (Phi) is 15.1. The van der Waals surface area contributed by atoms with E-state index in [1.807, 2.05) is 48.5 Å². The molecule has 13 nitrogen and oxygen atoms in total. The van der Waals surface area contributed by atoms with Crippen LogP contribution in [-0.4, -0.2) is 43.1 Å². The first kappa shape index (κ1) is 43.3. The van der Waals surface area contributed by atoms with Gasteiger partial charge >= 0.3 is 11.9 Å². The van der Waals surface area contributed by atoms with E-state index in [1.165, 1.54) is 14.2 Å². The molecule has 3 N–H and O–H groups in total. The quantitative estimate of drug-likeness (QED) is 0.0840. The molecule has 0 bridgehead atoms. The number of hydrogen-bond acceptors (Lipinski definition) is 11. The number of methoxy groups -OCH3 is 2. The summed E-state index contributed by atoms with van der Waals surface area (Å²) in [7, 11) is 2.60. The van der Waals surface area contributed by atoms with Gasteiger partial charge in [0.15, 0.2) is 0 Å². The van der Waals surface area contributed by atoms with Crippen LogP contribution in [0.4, 0.5) is 11.4 Å². The molecule has 314 valence electrons. The van der Waals surface area contributed by atoms with Crippen LogP contribution in [0.2, 0.25) is 0 Å². The highest BCUT2D eigenvalue weighted by atomic mass is 16.5. The Morgan fingerprint density at radius 3 is 1.32 bits per heavy atom. The fourth-order valence-electron chi connectivity index (χ4n) is 5.81. The molecule has 13 heteroatoms. The number of esters is 2. The van der Waals surface area contributed by atoms with Gasteiger partial charge in [-0.2, -0.15) is 0 Å². The number of anilines is 2. The number of ether oxygens (including phenoxy) is 5. The molecule has 0 unspecified atom stereocenters. The molecule has 2 amide bonds. The number of furan rings is 1. The third-order valence-electron chi connectivity index (χ3n) is 8.88. The SMILES string of the molecule is COC(=O)c1ccccc1NC(=O)Cc1ccc(Oc2ccc(O)cc2)cc1.COC(=O)c1ccccc1NC(=O)Cc1ccc(Oc2ccc(OCc3ccco3)cc2)cc1. The zero-order valence-electron chi connectivity index (χ0n) is 33.7. The summed E-state index contributed by atoms with van der Waals surface area (Å²) in [5.41, 5.74) is 3.03. The number of benzene rings is 6. The summed E-state index contributed by atoms with van der Waals surface area (Å²) < 4.78 is 31.9. The third kappa shape index (κ3) is 12.8. The topological polar surface area (TPSA) is 172 Å². The number of hydrogen-bond donors (Lipinski definition) is 3. The highest BCUT2D eigenvalue weighted by Crippen LogP contribution is 2.26. The number of phenols is 1. The second kappa shape index (κ2) is 21.6. The van der Waals surface area contributed by atoms with Crippen LogP contribution in [-0.2, 0) is 38.5 Å². The lowest BCUT2D eigenvalue weighted by Gasteiger charge is -2.10. The number of nitrogens with one attached hydrogen (secondary N) is 2. The van der Waals surface area contributed by atoms with E-state index >= 15 is 0 Å². The van der Waals surface area contributed by atoms with Crippen molar-refractivity contribution in [2.24, 2.45) is 0 Å². The Morgan fingerprint density at radius 1 is 0.500 bits per heavy atom. The fraction of sp³-hybridized carbons (Fsp3) is 0.102. The van der Waals surface area contributed by atoms with E-state index in [0.717, 1.165) is 16.9 Å². The molecule has 0 fully saturated rings. The Labute approximate surface area is 357 Å². The van der Waals surface area contributed by atoms with Crippen LogP contribution in [0.25, 0.3) is 0 Å². The Hall–Kier alpha value is -8.32. The highest BCUT2D eigenvalue weighted by Gasteiger charge is 2.15. The standard InChI is InChI=1S/C27H23NO6.C22H19NO5/c1-31-27(30)24-6-2-3-7-25(24)28-26(29)17-19-8-10-21(11-9-19)34-22-14-12-20(13-15-22)33-18-23-5-4-16-32-23;1-27-22(26)19-4-2-3-5-20(19)23-21(25)14-15-6-10-17(11-7-15)28-18-12-8-16(24)9-13-18/h2-16H,17-18H2,1H3,(H,28,29);2-13,24H,14H2,1H3,(H,23,25). The number of para-hydroxylation sites is 2. The summed E-state index contributed by atoms with van der Waals surface area (Å²) in [6.45, 7) is 0.358. The molecule has 6 aromatic carbocycles. The molecular formula is C49H42N2O11. The number of amides is 2. The van der Waals surface area contributed by atoms with E-state index in [4.69, 9.17) is 28.1 Å². The van der Waals surface area contributed by atoms with Gasteiger partial charge in [0.05, 0.1) is 55.8 Å². The minimum atomic E-state index is -0.508. The fourth-order valence-corrected chi connectivity index (χ4v) is 5.81. The average Bonchev–Trinajstić information content (AvgIpc) is 3.82. The van der Waals surface area contributed by atoms with Gasteiger partial charge in [-0.05, 0) is 120 Å². The second-order valence-electron chi connectivity index (χ2n) is 13.3. The van der Waals surface area contributed by atoms with Crippen molar-refractivity contribution in [1.29, 1.82) is 0 Å². The molecule has 7 aromatic rings. The van der Waals surface area contributed by atoms with Gasteiger partial charge in [-0.1, -0.05) is 48.5 Å². The molecule has 1 aromatic heterocycles. The maximum atomic E-state index is 12.5. The van der Waals surface area contributed by atoms with Gasteiger partial charge in [-0.3, -0.25) is 9.59 Å². The first-order valence-electron chi connectivity index (χ1n) is 19.2. The summed E-state index contributed by atoms with van der Waals surface area (Å²) in [6.07, 6.45) is 1.91. The summed E-state index contributed by atoms with van der Waals surface area (Å²) in [5, 5.41) is 14.8. The van der Waals surface area contributed by atoms with Gasteiger partial charge in [0.2, 0.25) is 11.8 Å². The lowest BCUT2D eigenvalue weighted by atomic mass is 10.1. The molecule has 0 aliphatic carbocycles. The number of rotatable bonds is 15. The molecule has 0 aliphatic rings. The molecule has 0 radical (unpaired) electrons. The van der Waals surface area contributed by atoms with Crippen molar-refractivity contribution in [2.75, 3.05) is 24.9 Å². The van der Waals surface area contributed by atoms with Crippen molar-refractivity contribution in [3.63, 3.8) is 0 Å². The Bertz CT molecular complexity index is 2550. The van der Waals surface area contributed by atoms with Gasteiger partial charge in [0, 0.05) is 0 Å². The Morgan fingerprint density at radius 2 is 0.903 bits per heavy atom. The smallest absolute Gasteiger partial charge is 0.339 e. The molecule has 7 rings (SSSR count). The van der Waals surface area contributed by atoms with Crippen molar-refractivity contribution in [2.45, 2.75) is 19.4 Å². The third-order valence-corrected chi connectivity index (χ3v) is 8.88. The summed E-state index contributed by atoms with van der Waals surface area (Å²) in [4.78, 5) is 48.4. The van der Waals surface area contributed by atoms with Gasteiger partial charge < -0.3 is 43.8 Å². The Balaban J connectivity index is 0.000000211. The van der Waals surface area contributed by atoms with Gasteiger partial charge in [0.25, 0.3) is 0 Å². The molecule has 0 aliphatic heterocycles. The van der Waals surface area contributed by atoms with Gasteiger partial charge in [0.1, 0.15) is 46.9 Å². The molecule has 0 saturated heterocycles. The molecular weight excluding hydrogens is 793 g/mol. The average molecular weight is 835 g/mol. The van der Waals surface area contributed by atoms with Crippen molar-refractivity contribution in [3.05, 3.63) is 192 Å². The zero-order chi connectivity index (χ0) is 43.7. The van der Waals surface area contributed by atoms with E-state index in [0.29, 0.717) is 57.9 Å². The van der Waals surface area contributed by atoms with Gasteiger partial charge in [-0.25, -0.2) is 9.59 Å². The normalized spacial score (nSPS) is 10.3. The second-order valence-corrected chi connectivity index (χ2v) is 13.3. The number of carbonyl (C=O) groups excluding carboxylic acids is 4. The van der Waals surface area contributed by atoms with Crippen LogP contribution in [0, 0.1) is 0 Å². The highest BCUT2D eigenvalue weighted by molar-refractivity contribution is 6.02. The van der Waals surface area contributed by atoms with Crippen LogP contribution < -0.4 is 24.8 Å². The number of carbonyl (C=O) groups is 4. The van der Waals surface area contributed by atoms with Crippen molar-refractivity contribution >= 4 is 35.1 Å². The monoisotopic (exact) mass is 834 g/mol.